The van der Waals surface area contributed by atoms with Gasteiger partial charge in [0.25, 0.3) is 5.91 Å². The van der Waals surface area contributed by atoms with Gasteiger partial charge in [0, 0.05) is 5.56 Å². The highest BCUT2D eigenvalue weighted by Gasteiger charge is 2.14. The lowest BCUT2D eigenvalue weighted by Crippen LogP contribution is -2.20. The topological polar surface area (TPSA) is 101 Å². The van der Waals surface area contributed by atoms with Crippen molar-refractivity contribution in [2.24, 2.45) is 10.9 Å². The van der Waals surface area contributed by atoms with Crippen LogP contribution in [0, 0.1) is 13.8 Å². The Hall–Kier alpha value is -2.76. The summed E-state index contributed by atoms with van der Waals surface area (Å²) in [5, 5.41) is 14.5. The molecular formula is C14H15N3O3. The van der Waals surface area contributed by atoms with E-state index in [9.17, 15) is 4.79 Å². The van der Waals surface area contributed by atoms with Crippen LogP contribution in [0.15, 0.2) is 40.1 Å². The van der Waals surface area contributed by atoms with Crippen LogP contribution in [0.25, 0.3) is 0 Å². The molecule has 4 N–H and O–H groups in total. The number of nitrogens with two attached hydrogens (primary N) is 1. The van der Waals surface area contributed by atoms with Crippen molar-refractivity contribution in [3.63, 3.8) is 0 Å². The van der Waals surface area contributed by atoms with Crippen LogP contribution < -0.4 is 11.1 Å². The summed E-state index contributed by atoms with van der Waals surface area (Å²) in [6.45, 7) is 3.57. The second-order valence-electron chi connectivity index (χ2n) is 4.38. The molecule has 0 radical (unpaired) electrons. The van der Waals surface area contributed by atoms with Gasteiger partial charge in [0.2, 0.25) is 0 Å². The molecule has 0 aliphatic carbocycles. The summed E-state index contributed by atoms with van der Waals surface area (Å²) in [6.07, 6.45) is 1.38. The van der Waals surface area contributed by atoms with Gasteiger partial charge in [-0.05, 0) is 31.5 Å². The van der Waals surface area contributed by atoms with Gasteiger partial charge in [-0.25, -0.2) is 0 Å². The number of hydrogen-bond donors (Lipinski definition) is 3. The molecular weight excluding hydrogens is 258 g/mol. The number of furan rings is 1. The van der Waals surface area contributed by atoms with E-state index in [4.69, 9.17) is 15.4 Å². The van der Waals surface area contributed by atoms with Crippen molar-refractivity contribution in [1.29, 1.82) is 0 Å². The standard InChI is InChI=1S/C14H15N3O3/c1-8-4-3-5-11(12(8)13(15)17-19)16-14(18)10-6-9(2)20-7-10/h3-7,19H,1-2H3,(H2,15,17)(H,16,18). The monoisotopic (exact) mass is 273 g/mol. The number of carbonyl (C=O) groups excluding carboxylic acids is 1. The van der Waals surface area contributed by atoms with Gasteiger partial charge in [0.05, 0.1) is 11.3 Å². The Labute approximate surface area is 115 Å². The molecule has 0 fully saturated rings. The summed E-state index contributed by atoms with van der Waals surface area (Å²) in [5.74, 6) is 0.275. The highest BCUT2D eigenvalue weighted by atomic mass is 16.4. The highest BCUT2D eigenvalue weighted by molar-refractivity contribution is 6.10. The van der Waals surface area contributed by atoms with Crippen LogP contribution in [0.5, 0.6) is 0 Å². The summed E-state index contributed by atoms with van der Waals surface area (Å²) in [7, 11) is 0. The Morgan fingerprint density at radius 3 is 2.75 bits per heavy atom. The fourth-order valence-electron chi connectivity index (χ4n) is 1.92. The minimum atomic E-state index is -0.320. The minimum Gasteiger partial charge on any atom is -0.469 e. The smallest absolute Gasteiger partial charge is 0.258 e. The van der Waals surface area contributed by atoms with Gasteiger partial charge in [0.15, 0.2) is 5.84 Å². The number of oxime groups is 1. The van der Waals surface area contributed by atoms with E-state index in [1.807, 2.05) is 13.0 Å². The van der Waals surface area contributed by atoms with Crippen molar-refractivity contribution < 1.29 is 14.4 Å². The molecule has 104 valence electrons. The quantitative estimate of drug-likeness (QED) is 0.345. The maximum Gasteiger partial charge on any atom is 0.258 e. The SMILES string of the molecule is Cc1cc(C(=O)Nc2cccc(C)c2/C(N)=N/O)co1. The Bertz CT molecular complexity index is 674. The number of aryl methyl sites for hydroxylation is 2. The number of hydrogen-bond acceptors (Lipinski definition) is 4. The van der Waals surface area contributed by atoms with Crippen LogP contribution in [0.4, 0.5) is 5.69 Å². The van der Waals surface area contributed by atoms with E-state index >= 15 is 0 Å². The summed E-state index contributed by atoms with van der Waals surface area (Å²) < 4.78 is 5.10. The second-order valence-corrected chi connectivity index (χ2v) is 4.38. The minimum absolute atomic E-state index is 0.0539. The largest absolute Gasteiger partial charge is 0.469 e. The molecule has 0 aliphatic rings. The number of amides is 1. The molecule has 0 spiro atoms. The van der Waals surface area contributed by atoms with E-state index in [2.05, 4.69) is 10.5 Å². The van der Waals surface area contributed by atoms with E-state index in [0.29, 0.717) is 22.6 Å². The van der Waals surface area contributed by atoms with E-state index in [-0.39, 0.29) is 11.7 Å². The Kier molecular flexibility index (Phi) is 3.74. The normalized spacial score (nSPS) is 11.4. The number of benzene rings is 1. The molecule has 20 heavy (non-hydrogen) atoms. The Morgan fingerprint density at radius 2 is 2.15 bits per heavy atom. The van der Waals surface area contributed by atoms with Gasteiger partial charge >= 0.3 is 0 Å². The molecule has 1 aromatic heterocycles. The first-order valence-electron chi connectivity index (χ1n) is 5.97. The van der Waals surface area contributed by atoms with E-state index in [1.54, 1.807) is 25.1 Å². The lowest BCUT2D eigenvalue weighted by Gasteiger charge is -2.11. The van der Waals surface area contributed by atoms with Crippen molar-refractivity contribution in [2.75, 3.05) is 5.32 Å². The summed E-state index contributed by atoms with van der Waals surface area (Å²) in [4.78, 5) is 12.1. The molecule has 0 saturated heterocycles. The Morgan fingerprint density at radius 1 is 1.40 bits per heavy atom. The molecule has 2 aromatic rings. The predicted octanol–water partition coefficient (Wildman–Crippen LogP) is 2.24. The first kappa shape index (κ1) is 13.7. The fraction of sp³-hybridized carbons (Fsp3) is 0.143. The number of carbonyl (C=O) groups is 1. The average molecular weight is 273 g/mol. The maximum absolute atomic E-state index is 12.1. The zero-order chi connectivity index (χ0) is 14.7. The summed E-state index contributed by atoms with van der Waals surface area (Å²) in [5.41, 5.74) is 7.81. The van der Waals surface area contributed by atoms with Crippen LogP contribution in [0.1, 0.15) is 27.2 Å². The number of nitrogens with zero attached hydrogens (tertiary/aromatic N) is 1. The van der Waals surface area contributed by atoms with Gasteiger partial charge in [-0.2, -0.15) is 0 Å². The van der Waals surface area contributed by atoms with Gasteiger partial charge < -0.3 is 20.7 Å². The second kappa shape index (κ2) is 5.48. The van der Waals surface area contributed by atoms with Gasteiger partial charge in [-0.3, -0.25) is 4.79 Å². The van der Waals surface area contributed by atoms with E-state index < -0.39 is 0 Å². The fourth-order valence-corrected chi connectivity index (χ4v) is 1.92. The van der Waals surface area contributed by atoms with Gasteiger partial charge in [-0.1, -0.05) is 17.3 Å². The summed E-state index contributed by atoms with van der Waals surface area (Å²) in [6, 6.07) is 6.91. The zero-order valence-corrected chi connectivity index (χ0v) is 11.2. The first-order valence-corrected chi connectivity index (χ1v) is 5.97. The molecule has 0 aliphatic heterocycles. The van der Waals surface area contributed by atoms with Crippen LogP contribution in [0.3, 0.4) is 0 Å². The Balaban J connectivity index is 2.34. The third kappa shape index (κ3) is 2.64. The molecule has 0 atom stereocenters. The van der Waals surface area contributed by atoms with Gasteiger partial charge in [-0.15, -0.1) is 0 Å². The van der Waals surface area contributed by atoms with E-state index in [1.165, 1.54) is 6.26 Å². The van der Waals surface area contributed by atoms with Crippen molar-refractivity contribution in [1.82, 2.24) is 0 Å². The molecule has 0 bridgehead atoms. The van der Waals surface area contributed by atoms with Crippen molar-refractivity contribution in [3.05, 3.63) is 53.0 Å². The molecule has 6 heteroatoms. The van der Waals surface area contributed by atoms with Crippen LogP contribution in [-0.4, -0.2) is 17.0 Å². The van der Waals surface area contributed by atoms with Crippen molar-refractivity contribution in [3.8, 4) is 0 Å². The number of anilines is 1. The molecule has 6 nitrogen and oxygen atoms in total. The molecule has 2 rings (SSSR count). The molecule has 0 unspecified atom stereocenters. The molecule has 1 amide bonds. The lowest BCUT2D eigenvalue weighted by atomic mass is 10.1. The number of amidine groups is 1. The lowest BCUT2D eigenvalue weighted by molar-refractivity contribution is 0.102. The van der Waals surface area contributed by atoms with Crippen LogP contribution >= 0.6 is 0 Å². The maximum atomic E-state index is 12.1. The van der Waals surface area contributed by atoms with Crippen LogP contribution in [0.2, 0.25) is 0 Å². The average Bonchev–Trinajstić information content (AvgIpc) is 2.85. The molecule has 1 heterocycles. The first-order chi connectivity index (χ1) is 9.52. The highest BCUT2D eigenvalue weighted by Crippen LogP contribution is 2.20. The number of nitrogens with one attached hydrogen (secondary N) is 1. The molecule has 0 saturated carbocycles. The third-order valence-electron chi connectivity index (χ3n) is 2.88. The summed E-state index contributed by atoms with van der Waals surface area (Å²) >= 11 is 0. The molecule has 1 aromatic carbocycles. The number of rotatable bonds is 3. The van der Waals surface area contributed by atoms with Crippen LogP contribution in [-0.2, 0) is 0 Å². The van der Waals surface area contributed by atoms with Crippen molar-refractivity contribution >= 4 is 17.4 Å². The van der Waals surface area contributed by atoms with Gasteiger partial charge in [0.1, 0.15) is 12.0 Å². The van der Waals surface area contributed by atoms with Crippen molar-refractivity contribution in [2.45, 2.75) is 13.8 Å². The van der Waals surface area contributed by atoms with E-state index in [0.717, 1.165) is 5.56 Å². The zero-order valence-electron chi connectivity index (χ0n) is 11.2. The third-order valence-corrected chi connectivity index (χ3v) is 2.88. The predicted molar refractivity (Wildman–Crippen MR) is 75.1 cm³/mol.